The van der Waals surface area contributed by atoms with E-state index >= 15 is 0 Å². The van der Waals surface area contributed by atoms with Crippen molar-refractivity contribution in [2.75, 3.05) is 0 Å². The van der Waals surface area contributed by atoms with Crippen molar-refractivity contribution in [3.05, 3.63) is 60.7 Å². The van der Waals surface area contributed by atoms with Gasteiger partial charge in [-0.1, -0.05) is 36.4 Å². The van der Waals surface area contributed by atoms with Crippen LogP contribution in [0.4, 0.5) is 9.59 Å². The van der Waals surface area contributed by atoms with Crippen molar-refractivity contribution in [1.29, 1.82) is 0 Å². The predicted octanol–water partition coefficient (Wildman–Crippen LogP) is 3.20. The second-order valence-electron chi connectivity index (χ2n) is 3.63. The number of para-hydroxylation sites is 2. The molecule has 22 heavy (non-hydrogen) atoms. The summed E-state index contributed by atoms with van der Waals surface area (Å²) in [5.41, 5.74) is 0. The number of carbonyl (C=O) groups is 2. The first-order chi connectivity index (χ1) is 10.7. The van der Waals surface area contributed by atoms with Gasteiger partial charge in [0.2, 0.25) is 0 Å². The maximum Gasteiger partial charge on any atom is 0.548 e. The SMILES string of the molecule is O=C(OOOOC(=O)Oc1ccccc1)Oc1ccccc1. The largest absolute Gasteiger partial charge is 0.548 e. The first kappa shape index (κ1) is 15.3. The van der Waals surface area contributed by atoms with E-state index in [0.717, 1.165) is 0 Å². The zero-order valence-electron chi connectivity index (χ0n) is 11.0. The van der Waals surface area contributed by atoms with Crippen molar-refractivity contribution < 1.29 is 38.9 Å². The van der Waals surface area contributed by atoms with E-state index < -0.39 is 12.3 Å². The molecule has 0 N–H and O–H groups in total. The molecular formula is C14H10O8. The molecule has 0 saturated carbocycles. The quantitative estimate of drug-likeness (QED) is 0.273. The average molecular weight is 306 g/mol. The molecule has 0 atom stereocenters. The van der Waals surface area contributed by atoms with Crippen LogP contribution in [0.1, 0.15) is 0 Å². The van der Waals surface area contributed by atoms with Crippen LogP contribution >= 0.6 is 0 Å². The smallest absolute Gasteiger partial charge is 0.393 e. The molecule has 8 nitrogen and oxygen atoms in total. The van der Waals surface area contributed by atoms with Gasteiger partial charge in [0.15, 0.2) is 0 Å². The molecule has 0 amide bonds. The fraction of sp³-hybridized carbons (Fsp3) is 0. The fourth-order valence-corrected chi connectivity index (χ4v) is 1.29. The van der Waals surface area contributed by atoms with Crippen LogP contribution in [0, 0.1) is 0 Å². The molecule has 0 unspecified atom stereocenters. The Balaban J connectivity index is 1.60. The molecule has 0 saturated heterocycles. The molecule has 0 aromatic heterocycles. The summed E-state index contributed by atoms with van der Waals surface area (Å²) in [5.74, 6) is 0.473. The van der Waals surface area contributed by atoms with Crippen molar-refractivity contribution in [2.45, 2.75) is 0 Å². The van der Waals surface area contributed by atoms with Crippen molar-refractivity contribution in [3.8, 4) is 11.5 Å². The molecule has 0 fully saturated rings. The van der Waals surface area contributed by atoms with Crippen molar-refractivity contribution in [2.24, 2.45) is 0 Å². The normalized spacial score (nSPS) is 9.64. The number of hydrogen-bond acceptors (Lipinski definition) is 8. The van der Waals surface area contributed by atoms with Crippen LogP contribution in [0.15, 0.2) is 60.7 Å². The highest BCUT2D eigenvalue weighted by Crippen LogP contribution is 2.10. The second kappa shape index (κ2) is 8.25. The highest BCUT2D eigenvalue weighted by atomic mass is 17.7. The van der Waals surface area contributed by atoms with E-state index in [2.05, 4.69) is 29.3 Å². The van der Waals surface area contributed by atoms with Crippen molar-refractivity contribution >= 4 is 12.3 Å². The third-order valence-corrected chi connectivity index (χ3v) is 2.12. The van der Waals surface area contributed by atoms with Crippen LogP contribution in [-0.4, -0.2) is 12.3 Å². The molecule has 0 radical (unpaired) electrons. The molecule has 2 aromatic rings. The summed E-state index contributed by atoms with van der Waals surface area (Å²) in [6.45, 7) is 0. The van der Waals surface area contributed by atoms with Crippen molar-refractivity contribution in [3.63, 3.8) is 0 Å². The Labute approximate surface area is 124 Å². The van der Waals surface area contributed by atoms with Gasteiger partial charge in [0.25, 0.3) is 0 Å². The highest BCUT2D eigenvalue weighted by molar-refractivity contribution is 5.63. The van der Waals surface area contributed by atoms with E-state index in [-0.39, 0.29) is 11.5 Å². The lowest BCUT2D eigenvalue weighted by Gasteiger charge is -2.03. The summed E-state index contributed by atoms with van der Waals surface area (Å²) < 4.78 is 9.36. The van der Waals surface area contributed by atoms with Gasteiger partial charge in [0.1, 0.15) is 11.5 Å². The summed E-state index contributed by atoms with van der Waals surface area (Å²) in [6, 6.07) is 16.2. The van der Waals surface area contributed by atoms with Gasteiger partial charge in [-0.3, -0.25) is 0 Å². The van der Waals surface area contributed by atoms with Gasteiger partial charge in [0, 0.05) is 10.1 Å². The molecule has 0 spiro atoms. The van der Waals surface area contributed by atoms with Crippen LogP contribution in [0.3, 0.4) is 0 Å². The third kappa shape index (κ3) is 5.49. The molecule has 0 aliphatic heterocycles. The van der Waals surface area contributed by atoms with E-state index in [9.17, 15) is 9.59 Å². The van der Waals surface area contributed by atoms with Gasteiger partial charge in [-0.25, -0.2) is 19.4 Å². The van der Waals surface area contributed by atoms with E-state index in [1.807, 2.05) is 0 Å². The van der Waals surface area contributed by atoms with Gasteiger partial charge >= 0.3 is 12.3 Å². The zero-order valence-corrected chi connectivity index (χ0v) is 11.0. The molecular weight excluding hydrogens is 296 g/mol. The topological polar surface area (TPSA) is 89.5 Å². The maximum atomic E-state index is 11.1. The van der Waals surface area contributed by atoms with Gasteiger partial charge in [-0.2, -0.15) is 0 Å². The Morgan fingerprint density at radius 2 is 0.955 bits per heavy atom. The third-order valence-electron chi connectivity index (χ3n) is 2.12. The van der Waals surface area contributed by atoms with Crippen molar-refractivity contribution in [1.82, 2.24) is 0 Å². The molecule has 114 valence electrons. The fourth-order valence-electron chi connectivity index (χ4n) is 1.29. The lowest BCUT2D eigenvalue weighted by Crippen LogP contribution is -2.15. The first-order valence-corrected chi connectivity index (χ1v) is 5.95. The summed E-state index contributed by atoms with van der Waals surface area (Å²) in [6.07, 6.45) is -2.43. The molecule has 8 heteroatoms. The number of ether oxygens (including phenoxy) is 2. The summed E-state index contributed by atoms with van der Waals surface area (Å²) >= 11 is 0. The van der Waals surface area contributed by atoms with Crippen LogP contribution in [-0.2, 0) is 19.9 Å². The summed E-state index contributed by atoms with van der Waals surface area (Å²) in [5, 5.41) is 7.76. The molecule has 0 heterocycles. The Bertz CT molecular complexity index is 543. The van der Waals surface area contributed by atoms with Gasteiger partial charge in [-0.15, -0.1) is 0 Å². The second-order valence-corrected chi connectivity index (χ2v) is 3.63. The Hall–Kier alpha value is -3.10. The maximum absolute atomic E-state index is 11.1. The summed E-state index contributed by atoms with van der Waals surface area (Å²) in [7, 11) is 0. The molecule has 0 bridgehead atoms. The minimum absolute atomic E-state index is 0.237. The lowest BCUT2D eigenvalue weighted by atomic mass is 10.3. The van der Waals surface area contributed by atoms with E-state index in [1.165, 1.54) is 24.3 Å². The average Bonchev–Trinajstić information content (AvgIpc) is 2.53. The summed E-state index contributed by atoms with van der Waals surface area (Å²) in [4.78, 5) is 30.3. The van der Waals surface area contributed by atoms with Crippen LogP contribution in [0.2, 0.25) is 0 Å². The number of carbonyl (C=O) groups excluding carboxylic acids is 2. The van der Waals surface area contributed by atoms with Gasteiger partial charge in [-0.05, 0) is 24.3 Å². The first-order valence-electron chi connectivity index (χ1n) is 5.95. The standard InChI is InChI=1S/C14H10O8/c15-13(17-11-7-3-1-4-8-11)19-21-22-20-14(16)18-12-9-5-2-6-10-12/h1-10H. The highest BCUT2D eigenvalue weighted by Gasteiger charge is 2.11. The number of benzene rings is 2. The zero-order chi connectivity index (χ0) is 15.6. The van der Waals surface area contributed by atoms with Crippen LogP contribution in [0.5, 0.6) is 11.5 Å². The predicted molar refractivity (Wildman–Crippen MR) is 69.3 cm³/mol. The monoisotopic (exact) mass is 306 g/mol. The molecule has 0 aliphatic rings. The van der Waals surface area contributed by atoms with E-state index in [1.54, 1.807) is 36.4 Å². The Morgan fingerprint density at radius 1 is 0.591 bits per heavy atom. The Morgan fingerprint density at radius 3 is 1.32 bits per heavy atom. The Kier molecular flexibility index (Phi) is 5.73. The number of rotatable bonds is 5. The number of hydrogen-bond donors (Lipinski definition) is 0. The lowest BCUT2D eigenvalue weighted by molar-refractivity contribution is -0.599. The van der Waals surface area contributed by atoms with Gasteiger partial charge in [0.05, 0.1) is 0 Å². The van der Waals surface area contributed by atoms with E-state index in [0.29, 0.717) is 0 Å². The van der Waals surface area contributed by atoms with E-state index in [4.69, 9.17) is 0 Å². The molecule has 0 aliphatic carbocycles. The molecule has 2 rings (SSSR count). The molecule has 2 aromatic carbocycles. The van der Waals surface area contributed by atoms with Gasteiger partial charge < -0.3 is 9.47 Å². The minimum atomic E-state index is -1.22. The minimum Gasteiger partial charge on any atom is -0.393 e. The van der Waals surface area contributed by atoms with Crippen LogP contribution in [0.25, 0.3) is 0 Å². The van der Waals surface area contributed by atoms with Crippen LogP contribution < -0.4 is 9.47 Å².